The SMILES string of the molecule is CC1CC(O)C([C@H](N)C2CCN(C(=O)C3CCNCC3)CC2)CC1Cl. The first-order valence-electron chi connectivity index (χ1n) is 10.0. The van der Waals surface area contributed by atoms with Crippen molar-refractivity contribution in [1.29, 1.82) is 0 Å². The second-order valence-corrected chi connectivity index (χ2v) is 9.02. The second-order valence-electron chi connectivity index (χ2n) is 8.46. The van der Waals surface area contributed by atoms with Crippen molar-refractivity contribution in [3.8, 4) is 0 Å². The smallest absolute Gasteiger partial charge is 0.225 e. The third kappa shape index (κ3) is 4.49. The molecule has 1 saturated carbocycles. The summed E-state index contributed by atoms with van der Waals surface area (Å²) in [6.45, 7) is 5.63. The van der Waals surface area contributed by atoms with Gasteiger partial charge in [0, 0.05) is 36.3 Å². The zero-order chi connectivity index (χ0) is 18.0. The van der Waals surface area contributed by atoms with Crippen LogP contribution in [0, 0.1) is 23.7 Å². The van der Waals surface area contributed by atoms with Gasteiger partial charge in [-0.25, -0.2) is 0 Å². The molecule has 5 atom stereocenters. The standard InChI is InChI=1S/C19H34ClN3O2/c1-12-10-17(24)15(11-16(12)20)18(21)13-4-8-23(9-5-13)19(25)14-2-6-22-7-3-14/h12-18,22,24H,2-11,21H2,1H3/t12?,15?,16?,17?,18-/m1/s1. The van der Waals surface area contributed by atoms with Gasteiger partial charge in [-0.2, -0.15) is 0 Å². The van der Waals surface area contributed by atoms with E-state index in [0.29, 0.717) is 17.7 Å². The Morgan fingerprint density at radius 2 is 1.84 bits per heavy atom. The molecule has 0 radical (unpaired) electrons. The quantitative estimate of drug-likeness (QED) is 0.658. The van der Waals surface area contributed by atoms with E-state index in [1.165, 1.54) is 0 Å². The van der Waals surface area contributed by atoms with Gasteiger partial charge in [0.15, 0.2) is 0 Å². The van der Waals surface area contributed by atoms with Crippen LogP contribution in [0.2, 0.25) is 0 Å². The van der Waals surface area contributed by atoms with Gasteiger partial charge in [-0.1, -0.05) is 6.92 Å². The van der Waals surface area contributed by atoms with E-state index < -0.39 is 0 Å². The molecule has 4 N–H and O–H groups in total. The lowest BCUT2D eigenvalue weighted by molar-refractivity contribution is -0.138. The average Bonchev–Trinajstić information content (AvgIpc) is 2.64. The van der Waals surface area contributed by atoms with E-state index >= 15 is 0 Å². The fraction of sp³-hybridized carbons (Fsp3) is 0.947. The highest BCUT2D eigenvalue weighted by Gasteiger charge is 2.40. The van der Waals surface area contributed by atoms with Crippen molar-refractivity contribution < 1.29 is 9.90 Å². The van der Waals surface area contributed by atoms with Crippen LogP contribution < -0.4 is 11.1 Å². The van der Waals surface area contributed by atoms with Gasteiger partial charge in [0.25, 0.3) is 0 Å². The summed E-state index contributed by atoms with van der Waals surface area (Å²) < 4.78 is 0. The third-order valence-corrected chi connectivity index (χ3v) is 7.41. The van der Waals surface area contributed by atoms with Gasteiger partial charge in [0.2, 0.25) is 5.91 Å². The van der Waals surface area contributed by atoms with Crippen molar-refractivity contribution >= 4 is 17.5 Å². The molecular weight excluding hydrogens is 338 g/mol. The number of piperidine rings is 2. The Bertz CT molecular complexity index is 450. The molecule has 0 aromatic rings. The molecule has 4 unspecified atom stereocenters. The summed E-state index contributed by atoms with van der Waals surface area (Å²) >= 11 is 6.44. The maximum atomic E-state index is 12.7. The number of aliphatic hydroxyl groups is 1. The van der Waals surface area contributed by atoms with Gasteiger partial charge in [-0.05, 0) is 63.5 Å². The largest absolute Gasteiger partial charge is 0.393 e. The number of amides is 1. The molecule has 5 nitrogen and oxygen atoms in total. The fourth-order valence-corrected chi connectivity index (χ4v) is 5.26. The van der Waals surface area contributed by atoms with E-state index in [1.54, 1.807) is 0 Å². The van der Waals surface area contributed by atoms with E-state index in [-0.39, 0.29) is 29.4 Å². The van der Waals surface area contributed by atoms with E-state index in [0.717, 1.165) is 64.7 Å². The Hall–Kier alpha value is -0.360. The van der Waals surface area contributed by atoms with Crippen LogP contribution in [0.25, 0.3) is 0 Å². The summed E-state index contributed by atoms with van der Waals surface area (Å²) in [5.41, 5.74) is 6.56. The van der Waals surface area contributed by atoms with Crippen LogP contribution in [0.4, 0.5) is 0 Å². The number of likely N-dealkylation sites (tertiary alicyclic amines) is 1. The van der Waals surface area contributed by atoms with Crippen molar-refractivity contribution in [1.82, 2.24) is 10.2 Å². The lowest BCUT2D eigenvalue weighted by Gasteiger charge is -2.43. The van der Waals surface area contributed by atoms with Crippen LogP contribution in [0.1, 0.15) is 45.4 Å². The first-order valence-corrected chi connectivity index (χ1v) is 10.5. The molecule has 6 heteroatoms. The number of nitrogens with zero attached hydrogens (tertiary/aromatic N) is 1. The topological polar surface area (TPSA) is 78.6 Å². The molecule has 1 aliphatic carbocycles. The molecular formula is C19H34ClN3O2. The molecule has 2 saturated heterocycles. The monoisotopic (exact) mass is 371 g/mol. The van der Waals surface area contributed by atoms with E-state index in [1.807, 2.05) is 4.90 Å². The molecule has 2 heterocycles. The maximum Gasteiger partial charge on any atom is 0.225 e. The Kier molecular flexibility index (Phi) is 6.64. The number of hydrogen-bond acceptors (Lipinski definition) is 4. The summed E-state index contributed by atoms with van der Waals surface area (Å²) in [7, 11) is 0. The predicted molar refractivity (Wildman–Crippen MR) is 100 cm³/mol. The van der Waals surface area contributed by atoms with E-state index in [4.69, 9.17) is 17.3 Å². The molecule has 3 aliphatic rings. The molecule has 0 spiro atoms. The highest BCUT2D eigenvalue weighted by molar-refractivity contribution is 6.20. The summed E-state index contributed by atoms with van der Waals surface area (Å²) in [6.07, 6.45) is 5.03. The predicted octanol–water partition coefficient (Wildman–Crippen LogP) is 1.57. The molecule has 0 aromatic carbocycles. The van der Waals surface area contributed by atoms with Crippen molar-refractivity contribution in [3.05, 3.63) is 0 Å². The zero-order valence-corrected chi connectivity index (χ0v) is 16.1. The maximum absolute atomic E-state index is 12.7. The Morgan fingerprint density at radius 1 is 1.20 bits per heavy atom. The number of nitrogens with one attached hydrogen (secondary N) is 1. The first kappa shape index (κ1) is 19.4. The Morgan fingerprint density at radius 3 is 2.48 bits per heavy atom. The lowest BCUT2D eigenvalue weighted by atomic mass is 9.72. The van der Waals surface area contributed by atoms with Crippen LogP contribution in [0.15, 0.2) is 0 Å². The molecule has 0 aromatic heterocycles. The van der Waals surface area contributed by atoms with Gasteiger partial charge in [-0.15, -0.1) is 11.6 Å². The summed E-state index contributed by atoms with van der Waals surface area (Å²) in [4.78, 5) is 14.7. The van der Waals surface area contributed by atoms with Crippen LogP contribution in [0.5, 0.6) is 0 Å². The van der Waals surface area contributed by atoms with Crippen LogP contribution in [-0.4, -0.2) is 59.6 Å². The van der Waals surface area contributed by atoms with E-state index in [2.05, 4.69) is 12.2 Å². The van der Waals surface area contributed by atoms with Crippen molar-refractivity contribution in [2.75, 3.05) is 26.2 Å². The van der Waals surface area contributed by atoms with Gasteiger partial charge in [-0.3, -0.25) is 4.79 Å². The molecule has 144 valence electrons. The number of aliphatic hydroxyl groups excluding tert-OH is 1. The van der Waals surface area contributed by atoms with Crippen molar-refractivity contribution in [3.63, 3.8) is 0 Å². The summed E-state index contributed by atoms with van der Waals surface area (Å²) in [6, 6.07) is -0.0140. The first-order chi connectivity index (χ1) is 12.0. The second kappa shape index (κ2) is 8.55. The van der Waals surface area contributed by atoms with Crippen LogP contribution in [-0.2, 0) is 4.79 Å². The minimum atomic E-state index is -0.339. The van der Waals surface area contributed by atoms with Gasteiger partial charge in [0.05, 0.1) is 6.10 Å². The highest BCUT2D eigenvalue weighted by Crippen LogP contribution is 2.37. The molecule has 2 aliphatic heterocycles. The van der Waals surface area contributed by atoms with E-state index in [9.17, 15) is 9.90 Å². The minimum Gasteiger partial charge on any atom is -0.393 e. The average molecular weight is 372 g/mol. The Labute approximate surface area is 156 Å². The number of rotatable bonds is 3. The minimum absolute atomic E-state index is 0.0140. The number of hydrogen-bond donors (Lipinski definition) is 3. The van der Waals surface area contributed by atoms with Gasteiger partial charge in [0.1, 0.15) is 0 Å². The molecule has 1 amide bonds. The fourth-order valence-electron chi connectivity index (χ4n) is 4.95. The molecule has 25 heavy (non-hydrogen) atoms. The number of nitrogens with two attached hydrogens (primary N) is 1. The number of halogens is 1. The number of carbonyl (C=O) groups excluding carboxylic acids is 1. The lowest BCUT2D eigenvalue weighted by Crippen LogP contribution is -2.52. The zero-order valence-electron chi connectivity index (χ0n) is 15.4. The summed E-state index contributed by atoms with van der Waals surface area (Å²) in [5.74, 6) is 1.36. The van der Waals surface area contributed by atoms with Gasteiger partial charge >= 0.3 is 0 Å². The van der Waals surface area contributed by atoms with Crippen molar-refractivity contribution in [2.45, 2.75) is 63.0 Å². The Balaban J connectivity index is 1.50. The number of carbonyl (C=O) groups is 1. The van der Waals surface area contributed by atoms with Crippen LogP contribution >= 0.6 is 11.6 Å². The van der Waals surface area contributed by atoms with Crippen LogP contribution in [0.3, 0.4) is 0 Å². The number of alkyl halides is 1. The molecule has 3 fully saturated rings. The normalized spacial score (nSPS) is 37.0. The third-order valence-electron chi connectivity index (χ3n) is 6.80. The highest BCUT2D eigenvalue weighted by atomic mass is 35.5. The summed E-state index contributed by atoms with van der Waals surface area (Å²) in [5, 5.41) is 13.9. The molecule has 0 bridgehead atoms. The van der Waals surface area contributed by atoms with Gasteiger partial charge < -0.3 is 21.1 Å². The molecule has 3 rings (SSSR count). The van der Waals surface area contributed by atoms with Crippen molar-refractivity contribution in [2.24, 2.45) is 29.4 Å².